The van der Waals surface area contributed by atoms with Crippen LogP contribution in [-0.2, 0) is 0 Å². The van der Waals surface area contributed by atoms with Crippen LogP contribution in [0.4, 0.5) is 4.39 Å². The molecule has 17 heavy (non-hydrogen) atoms. The molecule has 1 rings (SSSR count). The van der Waals surface area contributed by atoms with Crippen molar-refractivity contribution in [3.63, 3.8) is 0 Å². The molecule has 0 bridgehead atoms. The second-order valence-electron chi connectivity index (χ2n) is 4.75. The first-order chi connectivity index (χ1) is 8.00. The summed E-state index contributed by atoms with van der Waals surface area (Å²) in [6, 6.07) is 4.58. The summed E-state index contributed by atoms with van der Waals surface area (Å²) in [6.45, 7) is 6.44. The van der Waals surface area contributed by atoms with Crippen molar-refractivity contribution >= 4 is 0 Å². The largest absolute Gasteiger partial charge is 0.491 e. The normalized spacial score (nSPS) is 12.8. The zero-order chi connectivity index (χ0) is 12.8. The maximum atomic E-state index is 13.6. The molecule has 0 fully saturated rings. The topological polar surface area (TPSA) is 29.5 Å². The first-order valence-corrected chi connectivity index (χ1v) is 6.11. The average molecular weight is 240 g/mol. The van der Waals surface area contributed by atoms with Crippen LogP contribution in [0.2, 0.25) is 0 Å². The van der Waals surface area contributed by atoms with Gasteiger partial charge < -0.3 is 9.84 Å². The minimum absolute atomic E-state index is 0.262. The molecule has 96 valence electrons. The third-order valence-electron chi connectivity index (χ3n) is 2.62. The van der Waals surface area contributed by atoms with Crippen molar-refractivity contribution in [2.24, 2.45) is 5.92 Å². The molecule has 1 N–H and O–H groups in total. The van der Waals surface area contributed by atoms with Crippen molar-refractivity contribution in [2.75, 3.05) is 6.61 Å². The fourth-order valence-corrected chi connectivity index (χ4v) is 1.57. The van der Waals surface area contributed by atoms with Gasteiger partial charge in [0.1, 0.15) is 0 Å². The first-order valence-electron chi connectivity index (χ1n) is 6.11. The maximum absolute atomic E-state index is 13.6. The van der Waals surface area contributed by atoms with Gasteiger partial charge in [0.25, 0.3) is 0 Å². The fourth-order valence-electron chi connectivity index (χ4n) is 1.57. The van der Waals surface area contributed by atoms with Crippen LogP contribution in [0.15, 0.2) is 18.2 Å². The lowest BCUT2D eigenvalue weighted by molar-refractivity contribution is 0.198. The Morgan fingerprint density at radius 2 is 2.00 bits per heavy atom. The number of benzene rings is 1. The van der Waals surface area contributed by atoms with E-state index < -0.39 is 11.9 Å². The highest BCUT2D eigenvalue weighted by molar-refractivity contribution is 5.30. The Morgan fingerprint density at radius 3 is 2.53 bits per heavy atom. The molecule has 0 heterocycles. The SMILES string of the molecule is CC(C)CCCOc1ccc([C@@H](C)O)cc1F. The lowest BCUT2D eigenvalue weighted by Crippen LogP contribution is -2.02. The summed E-state index contributed by atoms with van der Waals surface area (Å²) < 4.78 is 18.9. The second kappa shape index (κ2) is 6.60. The fraction of sp³-hybridized carbons (Fsp3) is 0.571. The Kier molecular flexibility index (Phi) is 5.42. The number of aliphatic hydroxyl groups is 1. The molecule has 2 nitrogen and oxygen atoms in total. The van der Waals surface area contributed by atoms with Crippen molar-refractivity contribution in [2.45, 2.75) is 39.7 Å². The summed E-state index contributed by atoms with van der Waals surface area (Å²) in [5.74, 6) is 0.493. The zero-order valence-electron chi connectivity index (χ0n) is 10.7. The smallest absolute Gasteiger partial charge is 0.165 e. The molecule has 0 amide bonds. The molecule has 1 aromatic carbocycles. The maximum Gasteiger partial charge on any atom is 0.165 e. The van der Waals surface area contributed by atoms with Gasteiger partial charge in [0.15, 0.2) is 11.6 Å². The quantitative estimate of drug-likeness (QED) is 0.768. The number of hydrogen-bond acceptors (Lipinski definition) is 2. The van der Waals surface area contributed by atoms with Crippen LogP contribution < -0.4 is 4.74 Å². The number of aliphatic hydroxyl groups excluding tert-OH is 1. The minimum atomic E-state index is -0.653. The van der Waals surface area contributed by atoms with Crippen molar-refractivity contribution in [1.29, 1.82) is 0 Å². The Morgan fingerprint density at radius 1 is 1.29 bits per heavy atom. The van der Waals surface area contributed by atoms with Gasteiger partial charge in [0.05, 0.1) is 12.7 Å². The van der Waals surface area contributed by atoms with Crippen molar-refractivity contribution in [3.8, 4) is 5.75 Å². The van der Waals surface area contributed by atoms with E-state index in [4.69, 9.17) is 4.74 Å². The Hall–Kier alpha value is -1.09. The van der Waals surface area contributed by atoms with Gasteiger partial charge in [0.2, 0.25) is 0 Å². The van der Waals surface area contributed by atoms with E-state index in [0.717, 1.165) is 12.8 Å². The minimum Gasteiger partial charge on any atom is -0.491 e. The van der Waals surface area contributed by atoms with Crippen LogP contribution in [0.1, 0.15) is 45.3 Å². The monoisotopic (exact) mass is 240 g/mol. The van der Waals surface area contributed by atoms with Crippen molar-refractivity contribution < 1.29 is 14.2 Å². The molecule has 0 unspecified atom stereocenters. The molecule has 0 aliphatic heterocycles. The molecule has 0 spiro atoms. The van der Waals surface area contributed by atoms with E-state index in [9.17, 15) is 9.50 Å². The van der Waals surface area contributed by atoms with E-state index in [1.165, 1.54) is 6.07 Å². The average Bonchev–Trinajstić information content (AvgIpc) is 2.25. The van der Waals surface area contributed by atoms with Crippen LogP contribution in [0.3, 0.4) is 0 Å². The van der Waals surface area contributed by atoms with Gasteiger partial charge in [-0.15, -0.1) is 0 Å². The molecule has 1 aromatic rings. The van der Waals surface area contributed by atoms with Crippen molar-refractivity contribution in [1.82, 2.24) is 0 Å². The molecule has 0 radical (unpaired) electrons. The van der Waals surface area contributed by atoms with Gasteiger partial charge in [-0.3, -0.25) is 0 Å². The Bertz CT molecular complexity index is 348. The standard InChI is InChI=1S/C14H21FO2/c1-10(2)5-4-8-17-14-7-6-12(11(3)16)9-13(14)15/h6-7,9-11,16H,4-5,8H2,1-3H3/t11-/m1/s1. The summed E-state index contributed by atoms with van der Waals surface area (Å²) in [5.41, 5.74) is 0.567. The van der Waals surface area contributed by atoms with E-state index in [2.05, 4.69) is 13.8 Å². The molecular formula is C14H21FO2. The van der Waals surface area contributed by atoms with Crippen LogP contribution in [0.5, 0.6) is 5.75 Å². The number of hydrogen-bond donors (Lipinski definition) is 1. The second-order valence-corrected chi connectivity index (χ2v) is 4.75. The summed E-state index contributed by atoms with van der Waals surface area (Å²) >= 11 is 0. The van der Waals surface area contributed by atoms with E-state index >= 15 is 0 Å². The molecule has 0 aliphatic carbocycles. The third kappa shape index (κ3) is 4.73. The predicted octanol–water partition coefficient (Wildman–Crippen LogP) is 3.69. The van der Waals surface area contributed by atoms with Crippen LogP contribution in [0.25, 0.3) is 0 Å². The zero-order valence-corrected chi connectivity index (χ0v) is 10.7. The lowest BCUT2D eigenvalue weighted by Gasteiger charge is -2.10. The molecule has 0 saturated heterocycles. The summed E-state index contributed by atoms with van der Waals surface area (Å²) in [6.07, 6.45) is 1.35. The predicted molar refractivity (Wildman–Crippen MR) is 66.6 cm³/mol. The van der Waals surface area contributed by atoms with Gasteiger partial charge in [-0.1, -0.05) is 19.9 Å². The van der Waals surface area contributed by atoms with Crippen LogP contribution >= 0.6 is 0 Å². The third-order valence-corrected chi connectivity index (χ3v) is 2.62. The van der Waals surface area contributed by atoms with Gasteiger partial charge in [-0.25, -0.2) is 4.39 Å². The number of ether oxygens (including phenoxy) is 1. The van der Waals surface area contributed by atoms with E-state index in [1.807, 2.05) is 0 Å². The van der Waals surface area contributed by atoms with Gasteiger partial charge in [-0.05, 0) is 43.4 Å². The van der Waals surface area contributed by atoms with Crippen molar-refractivity contribution in [3.05, 3.63) is 29.6 Å². The molecule has 0 aliphatic rings. The number of rotatable bonds is 6. The molecule has 1 atom stereocenters. The van der Waals surface area contributed by atoms with Crippen LogP contribution in [0, 0.1) is 11.7 Å². The lowest BCUT2D eigenvalue weighted by atomic mass is 10.1. The van der Waals surface area contributed by atoms with Gasteiger partial charge >= 0.3 is 0 Å². The highest BCUT2D eigenvalue weighted by Gasteiger charge is 2.07. The summed E-state index contributed by atoms with van der Waals surface area (Å²) in [7, 11) is 0. The summed E-state index contributed by atoms with van der Waals surface area (Å²) in [4.78, 5) is 0. The van der Waals surface area contributed by atoms with E-state index in [0.29, 0.717) is 18.1 Å². The highest BCUT2D eigenvalue weighted by Crippen LogP contribution is 2.22. The summed E-state index contributed by atoms with van der Waals surface area (Å²) in [5, 5.41) is 9.31. The van der Waals surface area contributed by atoms with E-state index in [-0.39, 0.29) is 5.75 Å². The Balaban J connectivity index is 2.49. The molecule has 3 heteroatoms. The van der Waals surface area contributed by atoms with Gasteiger partial charge in [-0.2, -0.15) is 0 Å². The molecule has 0 aromatic heterocycles. The van der Waals surface area contributed by atoms with Gasteiger partial charge in [0, 0.05) is 0 Å². The Labute approximate surface area is 102 Å². The molecule has 0 saturated carbocycles. The first kappa shape index (κ1) is 14.0. The highest BCUT2D eigenvalue weighted by atomic mass is 19.1. The number of halogens is 1. The molecular weight excluding hydrogens is 219 g/mol. The van der Waals surface area contributed by atoms with E-state index in [1.54, 1.807) is 19.1 Å². The van der Waals surface area contributed by atoms with Crippen LogP contribution in [-0.4, -0.2) is 11.7 Å².